The SMILES string of the molecule is Nc1nnc(SC2CB(O)Oc3c(C(=O)O)cccc32)s1. The molecule has 4 N–H and O–H groups in total. The smallest absolute Gasteiger partial charge is 0.524 e. The first-order valence-corrected chi connectivity index (χ1v) is 7.71. The van der Waals surface area contributed by atoms with Crippen LogP contribution < -0.4 is 10.4 Å². The number of aromatic nitrogens is 2. The number of nitrogens with zero attached hydrogens (tertiary/aromatic N) is 2. The molecule has 0 spiro atoms. The topological polar surface area (TPSA) is 119 Å². The summed E-state index contributed by atoms with van der Waals surface area (Å²) >= 11 is 2.63. The Morgan fingerprint density at radius 1 is 1.52 bits per heavy atom. The van der Waals surface area contributed by atoms with E-state index in [4.69, 9.17) is 10.4 Å². The molecule has 21 heavy (non-hydrogen) atoms. The normalized spacial score (nSPS) is 17.2. The fourth-order valence-corrected chi connectivity index (χ4v) is 4.15. The third-order valence-corrected chi connectivity index (χ3v) is 5.06. The van der Waals surface area contributed by atoms with Crippen molar-refractivity contribution in [1.29, 1.82) is 0 Å². The quantitative estimate of drug-likeness (QED) is 0.728. The van der Waals surface area contributed by atoms with Gasteiger partial charge in [0.2, 0.25) is 5.13 Å². The molecule has 0 saturated heterocycles. The van der Waals surface area contributed by atoms with Crippen LogP contribution in [0.3, 0.4) is 0 Å². The fraction of sp³-hybridized carbons (Fsp3) is 0.182. The molecule has 108 valence electrons. The molecule has 1 aliphatic rings. The first-order chi connectivity index (χ1) is 10.0. The van der Waals surface area contributed by atoms with Gasteiger partial charge in [0.25, 0.3) is 0 Å². The predicted molar refractivity (Wildman–Crippen MR) is 79.7 cm³/mol. The number of nitrogens with two attached hydrogens (primary N) is 1. The third kappa shape index (κ3) is 2.82. The molecular formula is C11H10BN3O4S2. The Morgan fingerprint density at radius 2 is 2.33 bits per heavy atom. The number of benzene rings is 1. The molecule has 2 aromatic rings. The van der Waals surface area contributed by atoms with Crippen LogP contribution in [0.25, 0.3) is 0 Å². The number of rotatable bonds is 3. The molecule has 3 rings (SSSR count). The van der Waals surface area contributed by atoms with Crippen LogP contribution in [0.2, 0.25) is 6.32 Å². The number of carbonyl (C=O) groups is 1. The van der Waals surface area contributed by atoms with E-state index in [0.29, 0.717) is 15.8 Å². The lowest BCUT2D eigenvalue weighted by molar-refractivity contribution is 0.0694. The van der Waals surface area contributed by atoms with E-state index in [1.54, 1.807) is 12.1 Å². The Bertz CT molecular complexity index is 696. The van der Waals surface area contributed by atoms with Gasteiger partial charge in [0.15, 0.2) is 4.34 Å². The van der Waals surface area contributed by atoms with Gasteiger partial charge < -0.3 is 20.5 Å². The number of carboxylic acid groups (broad SMARTS) is 1. The molecule has 0 amide bonds. The highest BCUT2D eigenvalue weighted by Gasteiger charge is 2.35. The van der Waals surface area contributed by atoms with E-state index in [1.807, 2.05) is 0 Å². The van der Waals surface area contributed by atoms with Crippen LogP contribution >= 0.6 is 23.1 Å². The third-order valence-electron chi connectivity index (χ3n) is 2.96. The molecule has 1 aromatic heterocycles. The van der Waals surface area contributed by atoms with E-state index in [9.17, 15) is 14.9 Å². The van der Waals surface area contributed by atoms with Crippen LogP contribution in [-0.2, 0) is 0 Å². The Labute approximate surface area is 128 Å². The van der Waals surface area contributed by atoms with E-state index < -0.39 is 13.1 Å². The Kier molecular flexibility index (Phi) is 3.74. The zero-order valence-corrected chi connectivity index (χ0v) is 12.2. The average Bonchev–Trinajstić information content (AvgIpc) is 2.83. The van der Waals surface area contributed by atoms with E-state index >= 15 is 0 Å². The van der Waals surface area contributed by atoms with Gasteiger partial charge in [0.05, 0.1) is 5.56 Å². The van der Waals surface area contributed by atoms with E-state index in [1.165, 1.54) is 29.2 Å². The molecule has 7 nitrogen and oxygen atoms in total. The second-order valence-corrected chi connectivity index (χ2v) is 6.81. The number of nitrogen functional groups attached to an aromatic ring is 1. The molecule has 0 radical (unpaired) electrons. The van der Waals surface area contributed by atoms with Gasteiger partial charge in [-0.15, -0.1) is 10.2 Å². The summed E-state index contributed by atoms with van der Waals surface area (Å²) in [4.78, 5) is 11.2. The second kappa shape index (κ2) is 5.55. The summed E-state index contributed by atoms with van der Waals surface area (Å²) in [5, 5.41) is 26.9. The Morgan fingerprint density at radius 3 is 3.00 bits per heavy atom. The summed E-state index contributed by atoms with van der Waals surface area (Å²) in [6.07, 6.45) is 0.334. The number of hydrogen-bond acceptors (Lipinski definition) is 8. The van der Waals surface area contributed by atoms with E-state index in [0.717, 1.165) is 5.56 Å². The molecule has 2 heterocycles. The minimum atomic E-state index is -1.09. The molecule has 0 fully saturated rings. The number of hydrogen-bond donors (Lipinski definition) is 3. The van der Waals surface area contributed by atoms with Crippen molar-refractivity contribution in [3.05, 3.63) is 29.3 Å². The van der Waals surface area contributed by atoms with Crippen LogP contribution in [0.1, 0.15) is 21.2 Å². The van der Waals surface area contributed by atoms with Crippen molar-refractivity contribution < 1.29 is 19.6 Å². The minimum Gasteiger partial charge on any atom is -0.535 e. The highest BCUT2D eigenvalue weighted by atomic mass is 32.2. The van der Waals surface area contributed by atoms with Gasteiger partial charge in [0, 0.05) is 17.1 Å². The summed E-state index contributed by atoms with van der Waals surface area (Å²) in [6, 6.07) is 4.89. The van der Waals surface area contributed by atoms with Gasteiger partial charge in [-0.2, -0.15) is 0 Å². The maximum absolute atomic E-state index is 11.2. The van der Waals surface area contributed by atoms with Gasteiger partial charge in [0.1, 0.15) is 5.75 Å². The number of thioether (sulfide) groups is 1. The standard InChI is InChI=1S/C11H10BN3O4S2/c13-10-14-15-11(21-10)20-7-4-12(18)19-8-5(7)2-1-3-6(8)9(16)17/h1-3,7,18H,4H2,(H2,13,14)(H,16,17). The fourth-order valence-electron chi connectivity index (χ4n) is 2.10. The molecular weight excluding hydrogens is 313 g/mol. The largest absolute Gasteiger partial charge is 0.535 e. The number of anilines is 1. The maximum Gasteiger partial charge on any atom is 0.524 e. The van der Waals surface area contributed by atoms with Crippen LogP contribution in [0.15, 0.2) is 22.5 Å². The second-order valence-electron chi connectivity index (χ2n) is 4.35. The molecule has 0 saturated carbocycles. The number of para-hydroxylation sites is 1. The molecule has 10 heteroatoms. The maximum atomic E-state index is 11.2. The summed E-state index contributed by atoms with van der Waals surface area (Å²) in [7, 11) is -1.05. The van der Waals surface area contributed by atoms with Crippen LogP contribution in [0.4, 0.5) is 5.13 Å². The number of aromatic carboxylic acids is 1. The molecule has 1 aliphatic heterocycles. The van der Waals surface area contributed by atoms with Crippen molar-refractivity contribution in [2.45, 2.75) is 15.9 Å². The van der Waals surface area contributed by atoms with Crippen molar-refractivity contribution in [2.75, 3.05) is 5.73 Å². The van der Waals surface area contributed by atoms with Crippen molar-refractivity contribution in [3.8, 4) is 5.75 Å². The number of fused-ring (bicyclic) bond motifs is 1. The lowest BCUT2D eigenvalue weighted by Gasteiger charge is -2.27. The van der Waals surface area contributed by atoms with Crippen LogP contribution in [0.5, 0.6) is 5.75 Å². The van der Waals surface area contributed by atoms with Crippen molar-refractivity contribution in [1.82, 2.24) is 10.2 Å². The summed E-state index contributed by atoms with van der Waals surface area (Å²) in [5.41, 5.74) is 6.31. The molecule has 1 atom stereocenters. The highest BCUT2D eigenvalue weighted by molar-refractivity contribution is 8.01. The monoisotopic (exact) mass is 323 g/mol. The van der Waals surface area contributed by atoms with Gasteiger partial charge >= 0.3 is 13.1 Å². The predicted octanol–water partition coefficient (Wildman–Crippen LogP) is 1.52. The molecule has 0 bridgehead atoms. The summed E-state index contributed by atoms with van der Waals surface area (Å²) < 4.78 is 5.97. The highest BCUT2D eigenvalue weighted by Crippen LogP contribution is 2.47. The Hall–Kier alpha value is -1.78. The van der Waals surface area contributed by atoms with Gasteiger partial charge in [-0.1, -0.05) is 35.2 Å². The number of carboxylic acids is 1. The summed E-state index contributed by atoms with van der Waals surface area (Å²) in [5.74, 6) is -0.886. The van der Waals surface area contributed by atoms with E-state index in [2.05, 4.69) is 10.2 Å². The Balaban J connectivity index is 1.97. The van der Waals surface area contributed by atoms with Gasteiger partial charge in [-0.05, 0) is 6.07 Å². The van der Waals surface area contributed by atoms with Crippen LogP contribution in [0, 0.1) is 0 Å². The lowest BCUT2D eigenvalue weighted by Crippen LogP contribution is -2.29. The lowest BCUT2D eigenvalue weighted by atomic mass is 9.78. The zero-order valence-electron chi connectivity index (χ0n) is 10.6. The minimum absolute atomic E-state index is 0.0358. The van der Waals surface area contributed by atoms with Crippen LogP contribution in [-0.4, -0.2) is 33.4 Å². The van der Waals surface area contributed by atoms with Crippen molar-refractivity contribution >= 4 is 41.3 Å². The van der Waals surface area contributed by atoms with Crippen molar-refractivity contribution in [2.24, 2.45) is 0 Å². The van der Waals surface area contributed by atoms with E-state index in [-0.39, 0.29) is 16.6 Å². The molecule has 0 aliphatic carbocycles. The average molecular weight is 323 g/mol. The first kappa shape index (κ1) is 14.2. The molecule has 1 unspecified atom stereocenters. The zero-order chi connectivity index (χ0) is 15.0. The van der Waals surface area contributed by atoms with Crippen molar-refractivity contribution in [3.63, 3.8) is 0 Å². The van der Waals surface area contributed by atoms with Gasteiger partial charge in [-0.3, -0.25) is 0 Å². The molecule has 1 aromatic carbocycles. The summed E-state index contributed by atoms with van der Waals surface area (Å²) in [6.45, 7) is 0. The van der Waals surface area contributed by atoms with Gasteiger partial charge in [-0.25, -0.2) is 4.79 Å². The first-order valence-electron chi connectivity index (χ1n) is 6.01.